The predicted octanol–water partition coefficient (Wildman–Crippen LogP) is 0.0188. The molecule has 7 nitrogen and oxygen atoms in total. The van der Waals surface area contributed by atoms with Crippen molar-refractivity contribution >= 4 is 15.7 Å². The van der Waals surface area contributed by atoms with Gasteiger partial charge in [-0.05, 0) is 31.2 Å². The summed E-state index contributed by atoms with van der Waals surface area (Å²) in [5, 5.41) is 9.29. The van der Waals surface area contributed by atoms with E-state index < -0.39 is 9.84 Å². The Kier molecular flexibility index (Phi) is 5.31. The van der Waals surface area contributed by atoms with Gasteiger partial charge >= 0.3 is 0 Å². The Labute approximate surface area is 148 Å². The summed E-state index contributed by atoms with van der Waals surface area (Å²) >= 11 is 0. The van der Waals surface area contributed by atoms with E-state index in [-0.39, 0.29) is 36.6 Å². The van der Waals surface area contributed by atoms with E-state index in [0.717, 1.165) is 16.9 Å². The molecule has 3 rings (SSSR count). The number of rotatable bonds is 4. The fraction of sp³-hybridized carbons (Fsp3) is 0.588. The van der Waals surface area contributed by atoms with E-state index in [1.165, 1.54) is 0 Å². The molecule has 1 saturated heterocycles. The number of carbonyl (C=O) groups excluding carboxylic acids is 1. The fourth-order valence-corrected chi connectivity index (χ4v) is 5.13. The number of hydrogen-bond acceptors (Lipinski definition) is 6. The first-order valence-corrected chi connectivity index (χ1v) is 10.2. The van der Waals surface area contributed by atoms with Gasteiger partial charge in [0.25, 0.3) is 0 Å². The van der Waals surface area contributed by atoms with Crippen LogP contribution >= 0.6 is 0 Å². The summed E-state index contributed by atoms with van der Waals surface area (Å²) in [7, 11) is -1.16. The number of aliphatic hydroxyl groups is 1. The minimum atomic E-state index is -2.96. The van der Waals surface area contributed by atoms with Gasteiger partial charge in [-0.3, -0.25) is 9.69 Å². The van der Waals surface area contributed by atoms with Gasteiger partial charge < -0.3 is 14.7 Å². The van der Waals surface area contributed by atoms with Crippen LogP contribution in [0.3, 0.4) is 0 Å². The summed E-state index contributed by atoms with van der Waals surface area (Å²) in [5.41, 5.74) is 1.66. The molecule has 1 fully saturated rings. The van der Waals surface area contributed by atoms with Gasteiger partial charge in [0.15, 0.2) is 9.84 Å². The number of carbonyl (C=O) groups is 1. The lowest BCUT2D eigenvalue weighted by Crippen LogP contribution is -2.43. The summed E-state index contributed by atoms with van der Waals surface area (Å²) in [6.07, 6.45) is 0.581. The summed E-state index contributed by atoms with van der Waals surface area (Å²) in [6.45, 7) is 1.46. The van der Waals surface area contributed by atoms with Gasteiger partial charge in [-0.1, -0.05) is 6.07 Å². The molecular formula is C17H24N2O5S. The molecular weight excluding hydrogens is 344 g/mol. The highest BCUT2D eigenvalue weighted by Gasteiger charge is 2.32. The van der Waals surface area contributed by atoms with E-state index in [2.05, 4.69) is 0 Å². The van der Waals surface area contributed by atoms with Crippen LogP contribution in [0.1, 0.15) is 17.5 Å². The van der Waals surface area contributed by atoms with E-state index >= 15 is 0 Å². The van der Waals surface area contributed by atoms with Gasteiger partial charge in [0, 0.05) is 18.2 Å². The van der Waals surface area contributed by atoms with E-state index in [1.807, 2.05) is 23.1 Å². The third kappa shape index (κ3) is 4.31. The lowest BCUT2D eigenvalue weighted by molar-refractivity contribution is -0.133. The van der Waals surface area contributed by atoms with Crippen molar-refractivity contribution in [1.82, 2.24) is 9.80 Å². The second kappa shape index (κ2) is 7.31. The topological polar surface area (TPSA) is 87.2 Å². The van der Waals surface area contributed by atoms with Gasteiger partial charge in [-0.15, -0.1) is 0 Å². The Morgan fingerprint density at radius 3 is 2.92 bits per heavy atom. The number of ether oxygens (including phenoxy) is 1. The van der Waals surface area contributed by atoms with Crippen LogP contribution in [0.2, 0.25) is 0 Å². The zero-order valence-corrected chi connectivity index (χ0v) is 15.2. The summed E-state index contributed by atoms with van der Waals surface area (Å²) in [4.78, 5) is 16.2. The molecule has 1 atom stereocenters. The molecule has 8 heteroatoms. The number of benzene rings is 1. The first-order chi connectivity index (χ1) is 11.9. The van der Waals surface area contributed by atoms with Crippen molar-refractivity contribution in [2.45, 2.75) is 25.6 Å². The molecule has 0 radical (unpaired) electrons. The maximum atomic E-state index is 12.7. The molecule has 0 aromatic heterocycles. The number of aliphatic hydroxyl groups excluding tert-OH is 1. The van der Waals surface area contributed by atoms with E-state index in [9.17, 15) is 18.3 Å². The zero-order chi connectivity index (χ0) is 18.0. The lowest BCUT2D eigenvalue weighted by atomic mass is 10.1. The van der Waals surface area contributed by atoms with Crippen molar-refractivity contribution in [1.29, 1.82) is 0 Å². The van der Waals surface area contributed by atoms with Crippen LogP contribution in [-0.4, -0.2) is 73.5 Å². The molecule has 2 heterocycles. The highest BCUT2D eigenvalue weighted by molar-refractivity contribution is 7.91. The van der Waals surface area contributed by atoms with Gasteiger partial charge in [0.2, 0.25) is 5.91 Å². The maximum Gasteiger partial charge on any atom is 0.237 e. The molecule has 0 bridgehead atoms. The van der Waals surface area contributed by atoms with Crippen LogP contribution in [0, 0.1) is 0 Å². The molecule has 138 valence electrons. The number of fused-ring (bicyclic) bond motifs is 1. The first kappa shape index (κ1) is 18.2. The maximum absolute atomic E-state index is 12.7. The summed E-state index contributed by atoms with van der Waals surface area (Å²) in [5.74, 6) is 1.02. The lowest BCUT2D eigenvalue weighted by Gasteiger charge is -2.26. The Balaban J connectivity index is 1.65. The molecule has 1 N–H and O–H groups in total. The Hall–Kier alpha value is -1.64. The standard InChI is InChI=1S/C17H24N2O5S/c1-18(15-4-7-25(22,23)12-15)10-17(21)19-5-6-24-16-3-2-13(11-20)8-14(16)9-19/h2-3,8,15,20H,4-7,9-12H2,1H3. The highest BCUT2D eigenvalue weighted by Crippen LogP contribution is 2.25. The normalized spacial score (nSPS) is 22.4. The molecule has 1 unspecified atom stereocenters. The van der Waals surface area contributed by atoms with Crippen molar-refractivity contribution < 1.29 is 23.1 Å². The van der Waals surface area contributed by atoms with Gasteiger partial charge in [0.1, 0.15) is 12.4 Å². The highest BCUT2D eigenvalue weighted by atomic mass is 32.2. The predicted molar refractivity (Wildman–Crippen MR) is 93.0 cm³/mol. The molecule has 0 saturated carbocycles. The third-order valence-electron chi connectivity index (χ3n) is 4.86. The Morgan fingerprint density at radius 2 is 2.24 bits per heavy atom. The van der Waals surface area contributed by atoms with Gasteiger partial charge in [-0.25, -0.2) is 8.42 Å². The van der Waals surface area contributed by atoms with E-state index in [0.29, 0.717) is 26.1 Å². The Morgan fingerprint density at radius 1 is 1.44 bits per heavy atom. The molecule has 2 aliphatic rings. The second-order valence-corrected chi connectivity index (χ2v) is 8.96. The molecule has 0 aliphatic carbocycles. The van der Waals surface area contributed by atoms with Crippen molar-refractivity contribution in [2.24, 2.45) is 0 Å². The summed E-state index contributed by atoms with van der Waals surface area (Å²) < 4.78 is 28.9. The number of amides is 1. The van der Waals surface area contributed by atoms with Crippen LogP contribution in [0.4, 0.5) is 0 Å². The van der Waals surface area contributed by atoms with Crippen LogP contribution in [-0.2, 0) is 27.8 Å². The second-order valence-electron chi connectivity index (χ2n) is 6.74. The van der Waals surface area contributed by atoms with Crippen LogP contribution in [0.5, 0.6) is 5.75 Å². The largest absolute Gasteiger partial charge is 0.491 e. The first-order valence-electron chi connectivity index (χ1n) is 8.42. The number of nitrogens with zero attached hydrogens (tertiary/aromatic N) is 2. The van der Waals surface area contributed by atoms with Crippen LogP contribution in [0.15, 0.2) is 18.2 Å². The van der Waals surface area contributed by atoms with Crippen molar-refractivity contribution in [3.63, 3.8) is 0 Å². The van der Waals surface area contributed by atoms with Gasteiger partial charge in [-0.2, -0.15) is 0 Å². The monoisotopic (exact) mass is 368 g/mol. The molecule has 2 aliphatic heterocycles. The minimum Gasteiger partial charge on any atom is -0.491 e. The molecule has 25 heavy (non-hydrogen) atoms. The number of likely N-dealkylation sites (N-methyl/N-ethyl adjacent to an activating group) is 1. The van der Waals surface area contributed by atoms with Crippen molar-refractivity contribution in [3.05, 3.63) is 29.3 Å². The molecule has 1 aromatic rings. The molecule has 0 spiro atoms. The van der Waals surface area contributed by atoms with Crippen LogP contribution < -0.4 is 4.74 Å². The minimum absolute atomic E-state index is 0.0438. The summed E-state index contributed by atoms with van der Waals surface area (Å²) in [6, 6.07) is 5.40. The SMILES string of the molecule is CN(CC(=O)N1CCOc2ccc(CO)cc2C1)C1CCS(=O)(=O)C1. The third-order valence-corrected chi connectivity index (χ3v) is 6.61. The average molecular weight is 368 g/mol. The number of hydrogen-bond donors (Lipinski definition) is 1. The fourth-order valence-electron chi connectivity index (χ4n) is 3.32. The van der Waals surface area contributed by atoms with Crippen LogP contribution in [0.25, 0.3) is 0 Å². The van der Waals surface area contributed by atoms with Gasteiger partial charge in [0.05, 0.1) is 31.2 Å². The van der Waals surface area contributed by atoms with E-state index in [4.69, 9.17) is 4.74 Å². The average Bonchev–Trinajstić information content (AvgIpc) is 2.81. The van der Waals surface area contributed by atoms with E-state index in [1.54, 1.807) is 11.9 Å². The quantitative estimate of drug-likeness (QED) is 0.806. The smallest absolute Gasteiger partial charge is 0.237 e. The number of sulfone groups is 1. The van der Waals surface area contributed by atoms with Crippen molar-refractivity contribution in [3.8, 4) is 5.75 Å². The molecule has 1 amide bonds. The zero-order valence-electron chi connectivity index (χ0n) is 14.3. The van der Waals surface area contributed by atoms with Crippen molar-refractivity contribution in [2.75, 3.05) is 38.2 Å². The molecule has 1 aromatic carbocycles. The Bertz CT molecular complexity index is 749.